The number of sulfonamides is 1. The Morgan fingerprint density at radius 1 is 1.33 bits per heavy atom. The second-order valence-electron chi connectivity index (χ2n) is 4.38. The summed E-state index contributed by atoms with van der Waals surface area (Å²) >= 11 is 0. The lowest BCUT2D eigenvalue weighted by atomic mass is 10.3. The van der Waals surface area contributed by atoms with E-state index in [4.69, 9.17) is 5.73 Å². The molecule has 0 bridgehead atoms. The van der Waals surface area contributed by atoms with Crippen LogP contribution in [0.2, 0.25) is 0 Å². The van der Waals surface area contributed by atoms with Crippen molar-refractivity contribution in [3.8, 4) is 0 Å². The van der Waals surface area contributed by atoms with Crippen LogP contribution in [0.15, 0.2) is 4.90 Å². The predicted octanol–water partition coefficient (Wildman–Crippen LogP) is -1.96. The van der Waals surface area contributed by atoms with Crippen LogP contribution >= 0.6 is 0 Å². The van der Waals surface area contributed by atoms with Crippen LogP contribution in [0.1, 0.15) is 5.69 Å². The fraction of sp³-hybridized carbons (Fsp3) is 0.667. The topological polar surface area (TPSA) is 122 Å². The molecule has 8 nitrogen and oxygen atoms in total. The second kappa shape index (κ2) is 4.19. The molecule has 0 amide bonds. The third-order valence-corrected chi connectivity index (χ3v) is 5.13. The maximum atomic E-state index is 12.4. The summed E-state index contributed by atoms with van der Waals surface area (Å²) in [5.74, 6) is -0.0779. The Balaban J connectivity index is 2.44. The molecule has 1 aromatic rings. The molecule has 1 aromatic heterocycles. The maximum Gasteiger partial charge on any atom is 0.248 e. The highest BCUT2D eigenvalue weighted by molar-refractivity contribution is 7.89. The molecule has 0 aromatic carbocycles. The predicted molar refractivity (Wildman–Crippen MR) is 63.1 cm³/mol. The first-order chi connectivity index (χ1) is 8.25. The van der Waals surface area contributed by atoms with Crippen LogP contribution in [0.4, 0.5) is 5.82 Å². The van der Waals surface area contributed by atoms with Crippen molar-refractivity contribution in [1.29, 1.82) is 0 Å². The third-order valence-electron chi connectivity index (χ3n) is 3.13. The van der Waals surface area contributed by atoms with Crippen molar-refractivity contribution in [3.05, 3.63) is 5.69 Å². The van der Waals surface area contributed by atoms with E-state index in [9.17, 15) is 18.6 Å². The van der Waals surface area contributed by atoms with Crippen LogP contribution in [0.3, 0.4) is 0 Å². The van der Waals surface area contributed by atoms with Crippen molar-refractivity contribution >= 4 is 15.8 Å². The van der Waals surface area contributed by atoms with Gasteiger partial charge in [-0.2, -0.15) is 9.40 Å². The average Bonchev–Trinajstić information content (AvgIpc) is 2.70. The Morgan fingerprint density at radius 3 is 2.22 bits per heavy atom. The van der Waals surface area contributed by atoms with Gasteiger partial charge in [-0.05, 0) is 6.92 Å². The molecule has 0 unspecified atom stereocenters. The van der Waals surface area contributed by atoms with Crippen molar-refractivity contribution in [2.75, 3.05) is 18.8 Å². The van der Waals surface area contributed by atoms with Gasteiger partial charge in [0.2, 0.25) is 10.0 Å². The first kappa shape index (κ1) is 13.3. The van der Waals surface area contributed by atoms with E-state index in [2.05, 4.69) is 5.10 Å². The summed E-state index contributed by atoms with van der Waals surface area (Å²) in [5.41, 5.74) is 6.02. The third kappa shape index (κ3) is 1.88. The normalized spacial score (nSPS) is 25.8. The Hall–Kier alpha value is -1.16. The summed E-state index contributed by atoms with van der Waals surface area (Å²) in [7, 11) is -2.24. The van der Waals surface area contributed by atoms with Gasteiger partial charge in [0, 0.05) is 20.1 Å². The van der Waals surface area contributed by atoms with Crippen molar-refractivity contribution in [1.82, 2.24) is 14.1 Å². The van der Waals surface area contributed by atoms with Crippen LogP contribution in [0.25, 0.3) is 0 Å². The summed E-state index contributed by atoms with van der Waals surface area (Å²) in [4.78, 5) is -0.0636. The second-order valence-corrected chi connectivity index (χ2v) is 6.25. The maximum absolute atomic E-state index is 12.4. The molecule has 1 aliphatic heterocycles. The Bertz CT molecular complexity index is 557. The summed E-state index contributed by atoms with van der Waals surface area (Å²) in [6.45, 7) is 1.31. The van der Waals surface area contributed by atoms with E-state index in [1.54, 1.807) is 14.0 Å². The number of aromatic nitrogens is 2. The van der Waals surface area contributed by atoms with Gasteiger partial charge in [0.05, 0.1) is 17.9 Å². The number of rotatable bonds is 2. The number of hydrogen-bond donors (Lipinski definition) is 3. The molecule has 0 saturated carbocycles. The summed E-state index contributed by atoms with van der Waals surface area (Å²) in [6.07, 6.45) is -2.14. The zero-order chi connectivity index (χ0) is 13.7. The molecule has 0 aliphatic carbocycles. The van der Waals surface area contributed by atoms with E-state index >= 15 is 0 Å². The quantitative estimate of drug-likeness (QED) is 0.576. The van der Waals surface area contributed by atoms with Gasteiger partial charge in [0.1, 0.15) is 4.90 Å². The molecule has 2 rings (SSSR count). The lowest BCUT2D eigenvalue weighted by Gasteiger charge is -2.15. The fourth-order valence-corrected chi connectivity index (χ4v) is 3.76. The monoisotopic (exact) mass is 276 g/mol. The van der Waals surface area contributed by atoms with E-state index in [1.165, 1.54) is 4.68 Å². The SMILES string of the molecule is Cc1c(S(=O)(=O)N2C[C@@H](O)[C@@H](O)C2)c(N)nn1C. The number of anilines is 1. The van der Waals surface area contributed by atoms with Crippen molar-refractivity contribution in [2.45, 2.75) is 24.0 Å². The molecule has 102 valence electrons. The molecule has 2 heterocycles. The lowest BCUT2D eigenvalue weighted by Crippen LogP contribution is -2.30. The number of aliphatic hydroxyl groups is 2. The van der Waals surface area contributed by atoms with Crippen molar-refractivity contribution in [3.63, 3.8) is 0 Å². The van der Waals surface area contributed by atoms with E-state index < -0.39 is 22.2 Å². The molecule has 0 radical (unpaired) electrons. The first-order valence-corrected chi connectivity index (χ1v) is 6.84. The Labute approximate surface area is 105 Å². The molecule has 0 spiro atoms. The highest BCUT2D eigenvalue weighted by Crippen LogP contribution is 2.27. The van der Waals surface area contributed by atoms with E-state index in [0.717, 1.165) is 4.31 Å². The van der Waals surface area contributed by atoms with Crippen LogP contribution in [0.5, 0.6) is 0 Å². The summed E-state index contributed by atoms with van der Waals surface area (Å²) in [5, 5.41) is 22.7. The fourth-order valence-electron chi connectivity index (χ4n) is 1.99. The van der Waals surface area contributed by atoms with Gasteiger partial charge in [-0.3, -0.25) is 4.68 Å². The minimum absolute atomic E-state index is 0.0636. The number of nitrogens with two attached hydrogens (primary N) is 1. The molecule has 1 saturated heterocycles. The van der Waals surface area contributed by atoms with E-state index in [0.29, 0.717) is 5.69 Å². The van der Waals surface area contributed by atoms with Crippen LogP contribution in [0, 0.1) is 6.92 Å². The van der Waals surface area contributed by atoms with Crippen molar-refractivity contribution < 1.29 is 18.6 Å². The summed E-state index contributed by atoms with van der Waals surface area (Å²) in [6, 6.07) is 0. The largest absolute Gasteiger partial charge is 0.389 e. The highest BCUT2D eigenvalue weighted by Gasteiger charge is 2.40. The zero-order valence-electron chi connectivity index (χ0n) is 10.1. The van der Waals surface area contributed by atoms with E-state index in [-0.39, 0.29) is 23.8 Å². The van der Waals surface area contributed by atoms with Crippen LogP contribution in [-0.4, -0.2) is 58.0 Å². The number of β-amino-alcohol motifs (C(OH)–C–C–N with tert-alkyl or cyclic N) is 2. The molecular weight excluding hydrogens is 260 g/mol. The molecule has 1 aliphatic rings. The average molecular weight is 276 g/mol. The van der Waals surface area contributed by atoms with Gasteiger partial charge >= 0.3 is 0 Å². The van der Waals surface area contributed by atoms with Crippen molar-refractivity contribution in [2.24, 2.45) is 7.05 Å². The lowest BCUT2D eigenvalue weighted by molar-refractivity contribution is 0.0572. The Kier molecular flexibility index (Phi) is 3.09. The van der Waals surface area contributed by atoms with Crippen LogP contribution in [-0.2, 0) is 17.1 Å². The first-order valence-electron chi connectivity index (χ1n) is 5.40. The molecule has 18 heavy (non-hydrogen) atoms. The van der Waals surface area contributed by atoms with Gasteiger partial charge < -0.3 is 15.9 Å². The molecular formula is C9H16N4O4S. The minimum atomic E-state index is -3.84. The highest BCUT2D eigenvalue weighted by atomic mass is 32.2. The minimum Gasteiger partial charge on any atom is -0.389 e. The number of nitrogen functional groups attached to an aromatic ring is 1. The van der Waals surface area contributed by atoms with Gasteiger partial charge in [0.15, 0.2) is 5.82 Å². The molecule has 1 fully saturated rings. The van der Waals surface area contributed by atoms with Gasteiger partial charge in [-0.25, -0.2) is 8.42 Å². The number of aliphatic hydroxyl groups excluding tert-OH is 2. The van der Waals surface area contributed by atoms with Crippen LogP contribution < -0.4 is 5.73 Å². The van der Waals surface area contributed by atoms with Gasteiger partial charge in [0.25, 0.3) is 0 Å². The molecule has 2 atom stereocenters. The Morgan fingerprint density at radius 2 is 1.83 bits per heavy atom. The standard InChI is InChI=1S/C9H16N4O4S/c1-5-8(9(10)11-12(5)2)18(16,17)13-3-6(14)7(15)4-13/h6-7,14-15H,3-4H2,1-2H3,(H2,10,11)/t6-,7+. The van der Waals surface area contributed by atoms with E-state index in [1.807, 2.05) is 0 Å². The smallest absolute Gasteiger partial charge is 0.248 e. The van der Waals surface area contributed by atoms with Gasteiger partial charge in [-0.15, -0.1) is 0 Å². The summed E-state index contributed by atoms with van der Waals surface area (Å²) < 4.78 is 27.1. The number of hydrogen-bond acceptors (Lipinski definition) is 6. The number of aryl methyl sites for hydroxylation is 1. The number of nitrogens with zero attached hydrogens (tertiary/aromatic N) is 3. The van der Waals surface area contributed by atoms with Gasteiger partial charge in [-0.1, -0.05) is 0 Å². The molecule has 4 N–H and O–H groups in total. The molecule has 9 heteroatoms. The zero-order valence-corrected chi connectivity index (χ0v) is 10.9.